The van der Waals surface area contributed by atoms with Gasteiger partial charge in [-0.3, -0.25) is 9.59 Å². The van der Waals surface area contributed by atoms with E-state index in [-0.39, 0.29) is 10.9 Å². The highest BCUT2D eigenvalue weighted by atomic mass is 32.2. The lowest BCUT2D eigenvalue weighted by molar-refractivity contribution is -0.141. The van der Waals surface area contributed by atoms with Crippen LogP contribution in [0.5, 0.6) is 11.5 Å². The van der Waals surface area contributed by atoms with E-state index in [4.69, 9.17) is 9.47 Å². The van der Waals surface area contributed by atoms with Crippen LogP contribution in [-0.2, 0) is 11.0 Å². The van der Waals surface area contributed by atoms with Crippen LogP contribution in [0.3, 0.4) is 0 Å². The molecule has 0 aliphatic heterocycles. The molecule has 140 valence electrons. The van der Waals surface area contributed by atoms with Gasteiger partial charge in [-0.1, -0.05) is 11.8 Å². The second kappa shape index (κ2) is 8.13. The van der Waals surface area contributed by atoms with Crippen LogP contribution in [0.4, 0.5) is 18.9 Å². The molecule has 11 heteroatoms. The van der Waals surface area contributed by atoms with Crippen molar-refractivity contribution in [1.29, 1.82) is 0 Å². The largest absolute Gasteiger partial charge is 0.497 e. The number of nitrogens with one attached hydrogen (secondary N) is 2. The number of amides is 1. The highest BCUT2D eigenvalue weighted by molar-refractivity contribution is 7.99. The molecule has 26 heavy (non-hydrogen) atoms. The number of thioether (sulfide) groups is 1. The fraction of sp³-hybridized carbons (Fsp3) is 0.267. The van der Waals surface area contributed by atoms with Crippen LogP contribution < -0.4 is 20.3 Å². The predicted octanol–water partition coefficient (Wildman–Crippen LogP) is 2.54. The van der Waals surface area contributed by atoms with Crippen LogP contribution >= 0.6 is 11.8 Å². The zero-order valence-corrected chi connectivity index (χ0v) is 14.5. The lowest BCUT2D eigenvalue weighted by Gasteiger charge is -2.11. The lowest BCUT2D eigenvalue weighted by Crippen LogP contribution is -2.18. The number of aromatic amines is 1. The molecule has 0 radical (unpaired) electrons. The van der Waals surface area contributed by atoms with Crippen molar-refractivity contribution < 1.29 is 27.4 Å². The van der Waals surface area contributed by atoms with Crippen molar-refractivity contribution in [2.45, 2.75) is 11.3 Å². The average Bonchev–Trinajstić information content (AvgIpc) is 2.58. The number of aromatic nitrogens is 2. The molecule has 0 spiro atoms. The average molecular weight is 389 g/mol. The van der Waals surface area contributed by atoms with Crippen molar-refractivity contribution in [2.75, 3.05) is 25.3 Å². The number of H-pyrrole nitrogens is 1. The molecule has 1 amide bonds. The Labute approximate surface area is 149 Å². The molecule has 0 atom stereocenters. The minimum Gasteiger partial charge on any atom is -0.497 e. The van der Waals surface area contributed by atoms with Crippen molar-refractivity contribution in [3.8, 4) is 11.5 Å². The van der Waals surface area contributed by atoms with Gasteiger partial charge in [-0.2, -0.15) is 13.2 Å². The SMILES string of the molecule is COc1ccc(OC)c(NC(=O)CSc2nc(C(F)(F)F)cc(=O)[nH]2)c1. The summed E-state index contributed by atoms with van der Waals surface area (Å²) in [5.74, 6) is 0.0685. The maximum absolute atomic E-state index is 12.7. The number of benzene rings is 1. The van der Waals surface area contributed by atoms with E-state index in [9.17, 15) is 22.8 Å². The van der Waals surface area contributed by atoms with Gasteiger partial charge in [0.15, 0.2) is 10.9 Å². The third kappa shape index (κ3) is 5.15. The summed E-state index contributed by atoms with van der Waals surface area (Å²) in [6, 6.07) is 5.12. The van der Waals surface area contributed by atoms with E-state index >= 15 is 0 Å². The Hall–Kier alpha value is -2.69. The van der Waals surface area contributed by atoms with Crippen LogP contribution in [0, 0.1) is 0 Å². The van der Waals surface area contributed by atoms with E-state index in [1.54, 1.807) is 12.1 Å². The summed E-state index contributed by atoms with van der Waals surface area (Å²) in [4.78, 5) is 28.8. The van der Waals surface area contributed by atoms with Crippen molar-refractivity contribution in [2.24, 2.45) is 0 Å². The maximum atomic E-state index is 12.7. The number of ether oxygens (including phenoxy) is 2. The maximum Gasteiger partial charge on any atom is 0.433 e. The van der Waals surface area contributed by atoms with Crippen LogP contribution in [0.25, 0.3) is 0 Å². The number of anilines is 1. The molecular formula is C15H14F3N3O4S. The molecule has 0 aliphatic carbocycles. The summed E-state index contributed by atoms with van der Waals surface area (Å²) in [6.45, 7) is 0. The molecule has 2 aromatic rings. The molecule has 0 bridgehead atoms. The standard InChI is InChI=1S/C15H14F3N3O4S/c1-24-8-3-4-10(25-2)9(5-8)19-13(23)7-26-14-20-11(15(16,17)18)6-12(22)21-14/h3-6H,7H2,1-2H3,(H,19,23)(H,20,21,22). The Morgan fingerprint density at radius 1 is 1.27 bits per heavy atom. The van der Waals surface area contributed by atoms with Crippen LogP contribution in [0.15, 0.2) is 34.2 Å². The summed E-state index contributed by atoms with van der Waals surface area (Å²) in [5, 5.41) is 2.25. The summed E-state index contributed by atoms with van der Waals surface area (Å²) in [6.07, 6.45) is -4.75. The second-order valence-electron chi connectivity index (χ2n) is 4.84. The van der Waals surface area contributed by atoms with Crippen molar-refractivity contribution in [3.05, 3.63) is 40.3 Å². The number of hydrogen-bond donors (Lipinski definition) is 2. The topological polar surface area (TPSA) is 93.3 Å². The molecule has 2 N–H and O–H groups in total. The minimum absolute atomic E-state index is 0.273. The fourth-order valence-corrected chi connectivity index (χ4v) is 2.56. The molecule has 0 aliphatic rings. The first-order valence-corrected chi connectivity index (χ1v) is 8.04. The first-order valence-electron chi connectivity index (χ1n) is 7.06. The number of carbonyl (C=O) groups excluding carboxylic acids is 1. The molecular weight excluding hydrogens is 375 g/mol. The normalized spacial score (nSPS) is 11.1. The monoisotopic (exact) mass is 389 g/mol. The Morgan fingerprint density at radius 3 is 2.62 bits per heavy atom. The van der Waals surface area contributed by atoms with Gasteiger partial charge in [-0.15, -0.1) is 0 Å². The van der Waals surface area contributed by atoms with E-state index in [1.165, 1.54) is 20.3 Å². The Bertz CT molecular complexity index is 855. The number of nitrogens with zero attached hydrogens (tertiary/aromatic N) is 1. The number of carbonyl (C=O) groups is 1. The van der Waals surface area contributed by atoms with Gasteiger partial charge in [-0.25, -0.2) is 4.98 Å². The number of halogens is 3. The molecule has 1 aromatic carbocycles. The van der Waals surface area contributed by atoms with Gasteiger partial charge in [-0.05, 0) is 12.1 Å². The summed E-state index contributed by atoms with van der Waals surface area (Å²) in [7, 11) is 2.88. The lowest BCUT2D eigenvalue weighted by atomic mass is 10.2. The zero-order valence-electron chi connectivity index (χ0n) is 13.6. The number of hydrogen-bond acceptors (Lipinski definition) is 6. The fourth-order valence-electron chi connectivity index (χ4n) is 1.88. The van der Waals surface area contributed by atoms with Crippen molar-refractivity contribution >= 4 is 23.4 Å². The van der Waals surface area contributed by atoms with Gasteiger partial charge < -0.3 is 19.8 Å². The van der Waals surface area contributed by atoms with Crippen molar-refractivity contribution in [3.63, 3.8) is 0 Å². The third-order valence-corrected chi connectivity index (χ3v) is 3.90. The van der Waals surface area contributed by atoms with Gasteiger partial charge in [0.05, 0.1) is 25.7 Å². The first-order chi connectivity index (χ1) is 12.2. The molecule has 0 saturated heterocycles. The van der Waals surface area contributed by atoms with Gasteiger partial charge in [0.25, 0.3) is 5.56 Å². The van der Waals surface area contributed by atoms with Gasteiger partial charge in [0.2, 0.25) is 5.91 Å². The third-order valence-electron chi connectivity index (χ3n) is 3.03. The highest BCUT2D eigenvalue weighted by Crippen LogP contribution is 2.30. The van der Waals surface area contributed by atoms with Crippen LogP contribution in [0.2, 0.25) is 0 Å². The quantitative estimate of drug-likeness (QED) is 0.583. The van der Waals surface area contributed by atoms with E-state index in [0.717, 1.165) is 0 Å². The molecule has 0 fully saturated rings. The molecule has 0 unspecified atom stereocenters. The molecule has 1 heterocycles. The second-order valence-corrected chi connectivity index (χ2v) is 5.80. The van der Waals surface area contributed by atoms with Crippen molar-refractivity contribution in [1.82, 2.24) is 9.97 Å². The molecule has 7 nitrogen and oxygen atoms in total. The molecule has 1 aromatic heterocycles. The van der Waals surface area contributed by atoms with Gasteiger partial charge in [0.1, 0.15) is 11.5 Å². The van der Waals surface area contributed by atoms with Crippen LogP contribution in [-0.4, -0.2) is 35.8 Å². The van der Waals surface area contributed by atoms with Crippen LogP contribution in [0.1, 0.15) is 5.69 Å². The van der Waals surface area contributed by atoms with E-state index < -0.39 is 23.3 Å². The van der Waals surface area contributed by atoms with Gasteiger partial charge in [0, 0.05) is 12.1 Å². The van der Waals surface area contributed by atoms with E-state index in [1.807, 2.05) is 0 Å². The molecule has 0 saturated carbocycles. The number of alkyl halides is 3. The van der Waals surface area contributed by atoms with E-state index in [2.05, 4.69) is 15.3 Å². The Balaban J connectivity index is 2.08. The Kier molecular flexibility index (Phi) is 6.14. The first kappa shape index (κ1) is 19.6. The summed E-state index contributed by atoms with van der Waals surface area (Å²) in [5.41, 5.74) is -1.94. The number of methoxy groups -OCH3 is 2. The predicted molar refractivity (Wildman–Crippen MR) is 88.8 cm³/mol. The van der Waals surface area contributed by atoms with Gasteiger partial charge >= 0.3 is 6.18 Å². The highest BCUT2D eigenvalue weighted by Gasteiger charge is 2.33. The Morgan fingerprint density at radius 2 is 2.00 bits per heavy atom. The number of rotatable bonds is 6. The zero-order chi connectivity index (χ0) is 19.3. The molecule has 2 rings (SSSR count). The smallest absolute Gasteiger partial charge is 0.433 e. The van der Waals surface area contributed by atoms with E-state index in [0.29, 0.717) is 35.0 Å². The summed E-state index contributed by atoms with van der Waals surface area (Å²) < 4.78 is 48.1. The summed E-state index contributed by atoms with van der Waals surface area (Å²) >= 11 is 0.665. The minimum atomic E-state index is -4.75.